The Balaban J connectivity index is 4.44. The minimum atomic E-state index is -1.49. The molecule has 1 unspecified atom stereocenters. The zero-order valence-electron chi connectivity index (χ0n) is 6.27. The Morgan fingerprint density at radius 1 is 1.67 bits per heavy atom. The minimum absolute atomic E-state index is 0.517. The van der Waals surface area contributed by atoms with Crippen molar-refractivity contribution in [3.8, 4) is 11.8 Å². The Morgan fingerprint density at radius 2 is 2.17 bits per heavy atom. The van der Waals surface area contributed by atoms with E-state index in [0.717, 1.165) is 0 Å². The van der Waals surface area contributed by atoms with Gasteiger partial charge in [0.1, 0.15) is 0 Å². The van der Waals surface area contributed by atoms with Gasteiger partial charge in [0.15, 0.2) is 4.33 Å². The average Bonchev–Trinajstić information content (AvgIpc) is 1.99. The predicted octanol–water partition coefficient (Wildman–Crippen LogP) is 2.27. The second kappa shape index (κ2) is 4.81. The first-order valence-corrected chi connectivity index (χ1v) is 4.37. The highest BCUT2D eigenvalue weighted by Crippen LogP contribution is 2.30. The van der Waals surface area contributed by atoms with Crippen LogP contribution in [0.1, 0.15) is 13.3 Å². The second-order valence-electron chi connectivity index (χ2n) is 2.05. The van der Waals surface area contributed by atoms with Crippen molar-refractivity contribution in [2.45, 2.75) is 23.1 Å². The molecular formula is C7H7Cl3O2. The van der Waals surface area contributed by atoms with Gasteiger partial charge >= 0.3 is 5.97 Å². The first-order valence-electron chi connectivity index (χ1n) is 3.18. The monoisotopic (exact) mass is 228 g/mol. The van der Waals surface area contributed by atoms with Gasteiger partial charge in [0, 0.05) is 5.92 Å². The van der Waals surface area contributed by atoms with E-state index in [2.05, 4.69) is 5.92 Å². The van der Waals surface area contributed by atoms with E-state index in [1.165, 1.54) is 0 Å². The van der Waals surface area contributed by atoms with Crippen molar-refractivity contribution in [1.29, 1.82) is 0 Å². The number of carboxylic acid groups (broad SMARTS) is 1. The largest absolute Gasteiger partial charge is 0.472 e. The number of halogens is 3. The molecule has 0 aliphatic heterocycles. The van der Waals surface area contributed by atoms with E-state index < -0.39 is 15.7 Å². The smallest absolute Gasteiger partial charge is 0.382 e. The lowest BCUT2D eigenvalue weighted by Gasteiger charge is -2.16. The normalized spacial score (nSPS) is 13.0. The van der Waals surface area contributed by atoms with Gasteiger partial charge in [0.05, 0.1) is 5.38 Å². The van der Waals surface area contributed by atoms with E-state index in [1.807, 2.05) is 5.92 Å². The summed E-state index contributed by atoms with van der Waals surface area (Å²) >= 11 is 16.9. The fraction of sp³-hybridized carbons (Fsp3) is 0.571. The van der Waals surface area contributed by atoms with E-state index in [-0.39, 0.29) is 0 Å². The van der Waals surface area contributed by atoms with Crippen molar-refractivity contribution in [3.05, 3.63) is 0 Å². The lowest BCUT2D eigenvalue weighted by molar-refractivity contribution is -0.130. The molecule has 0 bridgehead atoms. The number of hydrogen-bond acceptors (Lipinski definition) is 1. The zero-order chi connectivity index (χ0) is 9.78. The SMILES string of the molecule is CCC(Cl)C(Cl)(Cl)C#CC(=O)O. The van der Waals surface area contributed by atoms with Crippen molar-refractivity contribution in [3.63, 3.8) is 0 Å². The first kappa shape index (κ1) is 11.9. The summed E-state index contributed by atoms with van der Waals surface area (Å²) in [5.41, 5.74) is 0. The van der Waals surface area contributed by atoms with Crippen LogP contribution in [0.2, 0.25) is 0 Å². The molecule has 0 fully saturated rings. The van der Waals surface area contributed by atoms with Crippen molar-refractivity contribution < 1.29 is 9.90 Å². The molecule has 5 heteroatoms. The molecule has 0 aromatic carbocycles. The maximum absolute atomic E-state index is 10.0. The highest BCUT2D eigenvalue weighted by molar-refractivity contribution is 6.54. The summed E-state index contributed by atoms with van der Waals surface area (Å²) in [5.74, 6) is 2.70. The number of hydrogen-bond donors (Lipinski definition) is 1. The van der Waals surface area contributed by atoms with Gasteiger partial charge in [-0.1, -0.05) is 36.0 Å². The molecular weight excluding hydrogens is 222 g/mol. The highest BCUT2D eigenvalue weighted by atomic mass is 35.5. The van der Waals surface area contributed by atoms with Gasteiger partial charge in [-0.05, 0) is 6.42 Å². The summed E-state index contributed by atoms with van der Waals surface area (Å²) in [6, 6.07) is 0. The standard InChI is InChI=1S/C7H7Cl3O2/c1-2-5(8)7(9,10)4-3-6(11)12/h5H,2H2,1H3,(H,11,12). The molecule has 0 spiro atoms. The fourth-order valence-corrected chi connectivity index (χ4v) is 0.929. The van der Waals surface area contributed by atoms with Crippen molar-refractivity contribution >= 4 is 40.8 Å². The van der Waals surface area contributed by atoms with Crippen LogP contribution >= 0.6 is 34.8 Å². The van der Waals surface area contributed by atoms with Gasteiger partial charge in [-0.15, -0.1) is 11.6 Å². The molecule has 0 saturated carbocycles. The van der Waals surface area contributed by atoms with E-state index in [4.69, 9.17) is 39.9 Å². The van der Waals surface area contributed by atoms with Crippen LogP contribution in [0.15, 0.2) is 0 Å². The van der Waals surface area contributed by atoms with E-state index in [9.17, 15) is 4.79 Å². The summed E-state index contributed by atoms with van der Waals surface area (Å²) in [5, 5.41) is 7.62. The van der Waals surface area contributed by atoms with Gasteiger partial charge in [-0.2, -0.15) is 0 Å². The van der Waals surface area contributed by atoms with Crippen LogP contribution in [0, 0.1) is 11.8 Å². The van der Waals surface area contributed by atoms with Gasteiger partial charge < -0.3 is 5.11 Å². The Morgan fingerprint density at radius 3 is 2.50 bits per heavy atom. The number of rotatable bonds is 2. The zero-order valence-corrected chi connectivity index (χ0v) is 8.54. The molecule has 1 N–H and O–H groups in total. The molecule has 0 aliphatic rings. The van der Waals surface area contributed by atoms with E-state index in [1.54, 1.807) is 6.92 Å². The summed E-state index contributed by atoms with van der Waals surface area (Å²) in [4.78, 5) is 10.0. The molecule has 0 saturated heterocycles. The van der Waals surface area contributed by atoms with Gasteiger partial charge in [0.2, 0.25) is 0 Å². The summed E-state index contributed by atoms with van der Waals surface area (Å²) < 4.78 is -1.49. The van der Waals surface area contributed by atoms with Crippen LogP contribution in [0.25, 0.3) is 0 Å². The Bertz CT molecular complexity index is 227. The number of aliphatic carboxylic acids is 1. The van der Waals surface area contributed by atoms with Gasteiger partial charge in [-0.3, -0.25) is 0 Å². The molecule has 0 aromatic heterocycles. The van der Waals surface area contributed by atoms with Crippen molar-refractivity contribution in [1.82, 2.24) is 0 Å². The van der Waals surface area contributed by atoms with Crippen LogP contribution in [-0.2, 0) is 4.79 Å². The van der Waals surface area contributed by atoms with Crippen LogP contribution in [0.4, 0.5) is 0 Å². The van der Waals surface area contributed by atoms with Crippen molar-refractivity contribution in [2.24, 2.45) is 0 Å². The predicted molar refractivity (Wildman–Crippen MR) is 49.8 cm³/mol. The maximum atomic E-state index is 10.0. The lowest BCUT2D eigenvalue weighted by atomic mass is 10.2. The summed E-state index contributed by atoms with van der Waals surface area (Å²) in [7, 11) is 0. The molecule has 0 amide bonds. The Kier molecular flexibility index (Phi) is 4.77. The minimum Gasteiger partial charge on any atom is -0.472 e. The summed E-state index contributed by atoms with van der Waals surface area (Å²) in [6.45, 7) is 1.78. The fourth-order valence-electron chi connectivity index (χ4n) is 0.471. The Labute approximate surface area is 85.8 Å². The molecule has 2 nitrogen and oxygen atoms in total. The summed E-state index contributed by atoms with van der Waals surface area (Å²) in [6.07, 6.45) is 0.517. The number of carbonyl (C=O) groups is 1. The van der Waals surface area contributed by atoms with Crippen molar-refractivity contribution in [2.75, 3.05) is 0 Å². The highest BCUT2D eigenvalue weighted by Gasteiger charge is 2.30. The van der Waals surface area contributed by atoms with E-state index >= 15 is 0 Å². The molecule has 12 heavy (non-hydrogen) atoms. The molecule has 68 valence electrons. The van der Waals surface area contributed by atoms with E-state index in [0.29, 0.717) is 6.42 Å². The lowest BCUT2D eigenvalue weighted by Crippen LogP contribution is -2.24. The molecule has 0 heterocycles. The molecule has 0 rings (SSSR count). The average molecular weight is 229 g/mol. The third-order valence-corrected chi connectivity index (χ3v) is 2.66. The number of alkyl halides is 3. The topological polar surface area (TPSA) is 37.3 Å². The van der Waals surface area contributed by atoms with Gasteiger partial charge in [0.25, 0.3) is 0 Å². The van der Waals surface area contributed by atoms with Crippen LogP contribution in [0.5, 0.6) is 0 Å². The maximum Gasteiger partial charge on any atom is 0.382 e. The molecule has 1 atom stereocenters. The van der Waals surface area contributed by atoms with Crippen LogP contribution < -0.4 is 0 Å². The Hall–Kier alpha value is -0.100. The quantitative estimate of drug-likeness (QED) is 0.583. The molecule has 0 aliphatic carbocycles. The number of carboxylic acids is 1. The third kappa shape index (κ3) is 4.06. The first-order chi connectivity index (χ1) is 5.40. The third-order valence-electron chi connectivity index (χ3n) is 1.09. The molecule has 0 aromatic rings. The molecule has 0 radical (unpaired) electrons. The second-order valence-corrected chi connectivity index (χ2v) is 3.97. The van der Waals surface area contributed by atoms with Crippen LogP contribution in [-0.4, -0.2) is 20.8 Å². The van der Waals surface area contributed by atoms with Gasteiger partial charge in [-0.25, -0.2) is 4.79 Å². The van der Waals surface area contributed by atoms with Crippen LogP contribution in [0.3, 0.4) is 0 Å².